The number of pyridine rings is 1. The van der Waals surface area contributed by atoms with Gasteiger partial charge in [0.2, 0.25) is 17.8 Å². The Morgan fingerprint density at radius 1 is 0.938 bits per heavy atom. The fourth-order valence-electron chi connectivity index (χ4n) is 9.95. The van der Waals surface area contributed by atoms with E-state index in [1.165, 1.54) is 0 Å². The summed E-state index contributed by atoms with van der Waals surface area (Å²) in [6.45, 7) is 12.5. The number of rotatable bonds is 12. The van der Waals surface area contributed by atoms with Crippen LogP contribution in [0.25, 0.3) is 10.9 Å². The molecule has 18 heteroatoms. The van der Waals surface area contributed by atoms with Crippen molar-refractivity contribution in [2.24, 2.45) is 11.3 Å². The normalized spacial score (nSPS) is 20.2. The fraction of sp³-hybridized carbons (Fsp3) is 0.478. The Morgan fingerprint density at radius 3 is 2.41 bits per heavy atom. The van der Waals surface area contributed by atoms with Gasteiger partial charge in [0.05, 0.1) is 22.8 Å². The molecule has 1 atom stereocenters. The summed E-state index contributed by atoms with van der Waals surface area (Å²) in [5, 5.41) is 9.43. The monoisotopic (exact) mass is 892 g/mol. The van der Waals surface area contributed by atoms with Crippen molar-refractivity contribution in [3.8, 4) is 5.75 Å². The van der Waals surface area contributed by atoms with Crippen LogP contribution in [0.15, 0.2) is 53.5 Å². The van der Waals surface area contributed by atoms with Crippen LogP contribution >= 0.6 is 11.6 Å². The molecule has 0 saturated carbocycles. The van der Waals surface area contributed by atoms with Crippen molar-refractivity contribution < 1.29 is 28.7 Å². The molecular weight excluding hydrogens is 840 g/mol. The molecule has 64 heavy (non-hydrogen) atoms. The minimum absolute atomic E-state index is 0.0901. The third kappa shape index (κ3) is 8.38. The molecule has 5 amide bonds. The highest BCUT2D eigenvalue weighted by Gasteiger charge is 2.47. The maximum atomic E-state index is 13.4. The van der Waals surface area contributed by atoms with Crippen molar-refractivity contribution in [3.63, 3.8) is 0 Å². The van der Waals surface area contributed by atoms with Gasteiger partial charge in [-0.15, -0.1) is 0 Å². The van der Waals surface area contributed by atoms with Gasteiger partial charge in [0.15, 0.2) is 18.2 Å². The number of amides is 5. The molecule has 0 aliphatic carbocycles. The first-order valence-corrected chi connectivity index (χ1v) is 22.6. The molecule has 7 heterocycles. The number of likely N-dealkylation sites (tertiary alicyclic amines) is 1. The van der Waals surface area contributed by atoms with Crippen molar-refractivity contribution in [1.82, 2.24) is 35.0 Å². The molecule has 1 spiro atoms. The fourth-order valence-corrected chi connectivity index (χ4v) is 10.1. The zero-order valence-corrected chi connectivity index (χ0v) is 37.1. The number of carbonyl (C=O) groups is 5. The van der Waals surface area contributed by atoms with Crippen LogP contribution in [0.5, 0.6) is 5.75 Å². The highest BCUT2D eigenvalue weighted by atomic mass is 35.5. The molecule has 0 radical (unpaired) electrons. The molecule has 5 aliphatic heterocycles. The highest BCUT2D eigenvalue weighted by Crippen LogP contribution is 2.44. The minimum Gasteiger partial charge on any atom is -0.478 e. The van der Waals surface area contributed by atoms with E-state index in [-0.39, 0.29) is 48.1 Å². The molecule has 4 saturated heterocycles. The second-order valence-corrected chi connectivity index (χ2v) is 18.5. The SMILES string of the molecule is CCNC(=O)COc1cc2cc(Nc3nc(N4CCC(CN5CCC6(CC5)CN(c5ccc7c(c5)C(=O)N(C5CCC(=O)NC5=O)C7=O)C6)CC4)ncc3Cl)ccc2n(C(C)C)c1=O. The summed E-state index contributed by atoms with van der Waals surface area (Å²) in [6.07, 6.45) is 6.10. The lowest BCUT2D eigenvalue weighted by Crippen LogP contribution is -2.60. The number of fused-ring (bicyclic) bond motifs is 2. The Kier molecular flexibility index (Phi) is 11.8. The van der Waals surface area contributed by atoms with Gasteiger partial charge in [-0.3, -0.25) is 39.0 Å². The van der Waals surface area contributed by atoms with Crippen LogP contribution in [-0.2, 0) is 14.4 Å². The van der Waals surface area contributed by atoms with Crippen LogP contribution in [-0.4, -0.2) is 119 Å². The van der Waals surface area contributed by atoms with Crippen LogP contribution in [0.3, 0.4) is 0 Å². The molecule has 9 rings (SSSR count). The van der Waals surface area contributed by atoms with Crippen LogP contribution in [0, 0.1) is 11.3 Å². The van der Waals surface area contributed by atoms with Crippen molar-refractivity contribution in [1.29, 1.82) is 0 Å². The number of hydrogen-bond donors (Lipinski definition) is 3. The van der Waals surface area contributed by atoms with Crippen LogP contribution < -0.4 is 36.0 Å². The highest BCUT2D eigenvalue weighted by molar-refractivity contribution is 6.33. The third-order valence-electron chi connectivity index (χ3n) is 13.4. The summed E-state index contributed by atoms with van der Waals surface area (Å²) in [7, 11) is 0. The number of anilines is 4. The van der Waals surface area contributed by atoms with E-state index >= 15 is 0 Å². The van der Waals surface area contributed by atoms with E-state index in [4.69, 9.17) is 21.3 Å². The molecule has 1 unspecified atom stereocenters. The van der Waals surface area contributed by atoms with Crippen LogP contribution in [0.4, 0.5) is 23.1 Å². The van der Waals surface area contributed by atoms with Gasteiger partial charge in [-0.25, -0.2) is 4.98 Å². The van der Waals surface area contributed by atoms with Gasteiger partial charge in [-0.05, 0) is 114 Å². The largest absolute Gasteiger partial charge is 0.478 e. The number of carbonyl (C=O) groups excluding carboxylic acids is 5. The van der Waals surface area contributed by atoms with Gasteiger partial charge in [0.25, 0.3) is 23.3 Å². The summed E-state index contributed by atoms with van der Waals surface area (Å²) in [4.78, 5) is 93.6. The number of imide groups is 2. The Morgan fingerprint density at radius 2 is 1.69 bits per heavy atom. The number of piperidine rings is 3. The van der Waals surface area contributed by atoms with Crippen LogP contribution in [0.1, 0.15) is 86.1 Å². The molecule has 336 valence electrons. The van der Waals surface area contributed by atoms with E-state index in [1.54, 1.807) is 29.0 Å². The van der Waals surface area contributed by atoms with Crippen molar-refractivity contribution in [2.75, 3.05) is 74.1 Å². The predicted molar refractivity (Wildman–Crippen MR) is 241 cm³/mol. The first-order valence-electron chi connectivity index (χ1n) is 22.3. The van der Waals surface area contributed by atoms with E-state index in [0.29, 0.717) is 40.4 Å². The number of aromatic nitrogens is 3. The van der Waals surface area contributed by atoms with Crippen LogP contribution in [0.2, 0.25) is 5.02 Å². The Balaban J connectivity index is 0.764. The second-order valence-electron chi connectivity index (χ2n) is 18.0. The summed E-state index contributed by atoms with van der Waals surface area (Å²) < 4.78 is 7.34. The summed E-state index contributed by atoms with van der Waals surface area (Å²) in [5.41, 5.74) is 2.90. The van der Waals surface area contributed by atoms with E-state index < -0.39 is 29.7 Å². The molecule has 4 aromatic rings. The second kappa shape index (κ2) is 17.5. The molecular formula is C46H53ClN10O7. The first kappa shape index (κ1) is 43.2. The Hall–Kier alpha value is -6.07. The number of halogens is 1. The van der Waals surface area contributed by atoms with Crippen molar-refractivity contribution in [2.45, 2.75) is 71.4 Å². The molecule has 4 fully saturated rings. The standard InChI is InChI=1S/C46H53ClN10O7/c1-4-48-39(59)24-64-37-20-29-19-30(5-8-35(29)56(27(2)3)44(37)63)50-40-34(47)22-49-45(52-40)54-15-11-28(12-16-54)23-53-17-13-46(14-18-53)25-55(26-46)31-6-7-32-33(21-31)43(62)57(42(32)61)36-9-10-38(58)51-41(36)60/h5-8,19-22,27-28,36H,4,9-18,23-26H2,1-3H3,(H,48,59)(H,49,50,52)(H,51,58,60). The van der Waals surface area contributed by atoms with E-state index in [0.717, 1.165) is 98.7 Å². The third-order valence-corrected chi connectivity index (χ3v) is 13.7. The minimum atomic E-state index is -0.975. The van der Waals surface area contributed by atoms with E-state index in [9.17, 15) is 28.8 Å². The van der Waals surface area contributed by atoms with Gasteiger partial charge >= 0.3 is 0 Å². The average Bonchev–Trinajstić information content (AvgIpc) is 3.51. The molecule has 3 N–H and O–H groups in total. The number of nitrogens with one attached hydrogen (secondary N) is 3. The van der Waals surface area contributed by atoms with E-state index in [1.807, 2.05) is 45.0 Å². The predicted octanol–water partition coefficient (Wildman–Crippen LogP) is 4.50. The summed E-state index contributed by atoms with van der Waals surface area (Å²) in [6, 6.07) is 11.6. The zero-order valence-electron chi connectivity index (χ0n) is 36.3. The maximum absolute atomic E-state index is 13.4. The van der Waals surface area contributed by atoms with Gasteiger partial charge in [0.1, 0.15) is 11.1 Å². The zero-order chi connectivity index (χ0) is 44.9. The Bertz CT molecular complexity index is 2590. The average molecular weight is 893 g/mol. The number of ether oxygens (including phenoxy) is 1. The number of benzene rings is 2. The lowest BCUT2D eigenvalue weighted by Gasteiger charge is -2.55. The quantitative estimate of drug-likeness (QED) is 0.169. The Labute approximate surface area is 375 Å². The smallest absolute Gasteiger partial charge is 0.293 e. The molecule has 0 bridgehead atoms. The summed E-state index contributed by atoms with van der Waals surface area (Å²) >= 11 is 6.62. The topological polar surface area (TPSA) is 191 Å². The maximum Gasteiger partial charge on any atom is 0.293 e. The molecule has 5 aliphatic rings. The lowest BCUT2D eigenvalue weighted by atomic mass is 9.71. The van der Waals surface area contributed by atoms with Gasteiger partial charge in [0, 0.05) is 73.9 Å². The number of nitrogens with zero attached hydrogens (tertiary/aromatic N) is 7. The van der Waals surface area contributed by atoms with Gasteiger partial charge < -0.3 is 34.6 Å². The first-order chi connectivity index (χ1) is 30.8. The molecule has 17 nitrogen and oxygen atoms in total. The summed E-state index contributed by atoms with van der Waals surface area (Å²) in [5.74, 6) is -0.513. The van der Waals surface area contributed by atoms with Gasteiger partial charge in [-0.2, -0.15) is 4.98 Å². The van der Waals surface area contributed by atoms with E-state index in [2.05, 4.69) is 35.6 Å². The molecule has 2 aromatic heterocycles. The lowest BCUT2D eigenvalue weighted by molar-refractivity contribution is -0.136. The van der Waals surface area contributed by atoms with Gasteiger partial charge in [-0.1, -0.05) is 11.6 Å². The van der Waals surface area contributed by atoms with Crippen molar-refractivity contribution in [3.05, 3.63) is 75.2 Å². The number of likely N-dealkylation sites (N-methyl/N-ethyl adjacent to an activating group) is 1. The number of hydrogen-bond acceptors (Lipinski definition) is 13. The van der Waals surface area contributed by atoms with Crippen molar-refractivity contribution >= 4 is 75.2 Å². The molecule has 2 aromatic carbocycles.